The highest BCUT2D eigenvalue weighted by Crippen LogP contribution is 2.33. The summed E-state index contributed by atoms with van der Waals surface area (Å²) in [5.41, 5.74) is 0.681. The van der Waals surface area contributed by atoms with E-state index >= 15 is 0 Å². The Bertz CT molecular complexity index is 569. The topological polar surface area (TPSA) is 33.4 Å². The lowest BCUT2D eigenvalue weighted by Gasteiger charge is -2.22. The third-order valence-corrected chi connectivity index (χ3v) is 4.71. The fourth-order valence-corrected chi connectivity index (χ4v) is 3.44. The Hall–Kier alpha value is -0.990. The Morgan fingerprint density at radius 1 is 1.25 bits per heavy atom. The molecule has 2 aromatic rings. The summed E-state index contributed by atoms with van der Waals surface area (Å²) in [6, 6.07) is 7.58. The van der Waals surface area contributed by atoms with Gasteiger partial charge in [-0.2, -0.15) is 0 Å². The van der Waals surface area contributed by atoms with Gasteiger partial charge in [0, 0.05) is 5.39 Å². The molecule has 0 saturated heterocycles. The highest BCUT2D eigenvalue weighted by atomic mass is 35.5. The predicted octanol–water partition coefficient (Wildman–Crippen LogP) is 5.48. The predicted molar refractivity (Wildman–Crippen MR) is 82.0 cm³/mol. The molecular formula is C17H21ClO2. The molecule has 1 aromatic heterocycles. The van der Waals surface area contributed by atoms with Crippen LogP contribution in [0.1, 0.15) is 56.8 Å². The lowest BCUT2D eigenvalue weighted by Crippen LogP contribution is -2.08. The summed E-state index contributed by atoms with van der Waals surface area (Å²) in [7, 11) is 0. The van der Waals surface area contributed by atoms with Gasteiger partial charge in [0.2, 0.25) is 0 Å². The van der Waals surface area contributed by atoms with Crippen molar-refractivity contribution in [3.05, 3.63) is 35.0 Å². The third kappa shape index (κ3) is 3.02. The van der Waals surface area contributed by atoms with E-state index in [0.29, 0.717) is 16.4 Å². The first-order chi connectivity index (χ1) is 9.74. The molecule has 0 aliphatic heterocycles. The van der Waals surface area contributed by atoms with Crippen molar-refractivity contribution in [2.24, 2.45) is 5.92 Å². The molecule has 1 saturated carbocycles. The van der Waals surface area contributed by atoms with E-state index in [9.17, 15) is 5.11 Å². The van der Waals surface area contributed by atoms with Gasteiger partial charge >= 0.3 is 0 Å². The summed E-state index contributed by atoms with van der Waals surface area (Å²) in [6.45, 7) is 0. The quantitative estimate of drug-likeness (QED) is 0.809. The molecule has 0 amide bonds. The minimum atomic E-state index is -0.514. The summed E-state index contributed by atoms with van der Waals surface area (Å²) < 4.78 is 5.72. The van der Waals surface area contributed by atoms with Crippen LogP contribution in [0.4, 0.5) is 0 Å². The van der Waals surface area contributed by atoms with Crippen LogP contribution in [0.15, 0.2) is 28.7 Å². The zero-order valence-corrected chi connectivity index (χ0v) is 12.4. The van der Waals surface area contributed by atoms with Crippen molar-refractivity contribution in [2.75, 3.05) is 0 Å². The SMILES string of the molecule is OC(CCC1CCCCC1)c1cc2cccc(Cl)c2o1. The second-order valence-electron chi connectivity index (χ2n) is 5.90. The van der Waals surface area contributed by atoms with Gasteiger partial charge in [-0.25, -0.2) is 0 Å². The first-order valence-electron chi connectivity index (χ1n) is 7.60. The van der Waals surface area contributed by atoms with Gasteiger partial charge in [0.1, 0.15) is 11.9 Å². The maximum absolute atomic E-state index is 10.3. The van der Waals surface area contributed by atoms with Crippen LogP contribution in [0, 0.1) is 5.92 Å². The summed E-state index contributed by atoms with van der Waals surface area (Å²) in [5.74, 6) is 1.43. The Kier molecular flexibility index (Phi) is 4.32. The standard InChI is InChI=1S/C17H21ClO2/c18-14-8-4-7-13-11-16(20-17(13)14)15(19)10-9-12-5-2-1-3-6-12/h4,7-8,11-12,15,19H,1-3,5-6,9-10H2. The van der Waals surface area contributed by atoms with Crippen molar-refractivity contribution >= 4 is 22.6 Å². The van der Waals surface area contributed by atoms with Crippen LogP contribution in [0.3, 0.4) is 0 Å². The normalized spacial score (nSPS) is 18.5. The summed E-state index contributed by atoms with van der Waals surface area (Å²) in [6.07, 6.45) is 8.06. The molecule has 0 bridgehead atoms. The minimum Gasteiger partial charge on any atom is -0.457 e. The van der Waals surface area contributed by atoms with Gasteiger partial charge in [0.05, 0.1) is 5.02 Å². The number of hydrogen-bond donors (Lipinski definition) is 1. The maximum atomic E-state index is 10.3. The van der Waals surface area contributed by atoms with E-state index in [1.165, 1.54) is 32.1 Å². The minimum absolute atomic E-state index is 0.514. The molecule has 1 aliphatic carbocycles. The monoisotopic (exact) mass is 292 g/mol. The van der Waals surface area contributed by atoms with E-state index in [4.69, 9.17) is 16.0 Å². The van der Waals surface area contributed by atoms with Crippen LogP contribution in [-0.4, -0.2) is 5.11 Å². The van der Waals surface area contributed by atoms with E-state index in [1.807, 2.05) is 24.3 Å². The average molecular weight is 293 g/mol. The largest absolute Gasteiger partial charge is 0.457 e. The van der Waals surface area contributed by atoms with Crippen LogP contribution in [0.2, 0.25) is 5.02 Å². The van der Waals surface area contributed by atoms with Gasteiger partial charge < -0.3 is 9.52 Å². The molecule has 20 heavy (non-hydrogen) atoms. The Balaban J connectivity index is 1.65. The fraction of sp³-hybridized carbons (Fsp3) is 0.529. The lowest BCUT2D eigenvalue weighted by atomic mass is 9.85. The van der Waals surface area contributed by atoms with E-state index in [2.05, 4.69) is 0 Å². The van der Waals surface area contributed by atoms with Crippen molar-refractivity contribution in [3.8, 4) is 0 Å². The number of aliphatic hydroxyl groups is 1. The van der Waals surface area contributed by atoms with Crippen LogP contribution >= 0.6 is 11.6 Å². The Labute approximate surface area is 124 Å². The van der Waals surface area contributed by atoms with Crippen LogP contribution in [-0.2, 0) is 0 Å². The molecule has 1 atom stereocenters. The van der Waals surface area contributed by atoms with Gasteiger partial charge in [-0.15, -0.1) is 0 Å². The molecule has 2 nitrogen and oxygen atoms in total. The molecule has 3 rings (SSSR count). The van der Waals surface area contributed by atoms with Crippen LogP contribution in [0.5, 0.6) is 0 Å². The van der Waals surface area contributed by atoms with E-state index in [1.54, 1.807) is 0 Å². The average Bonchev–Trinajstić information content (AvgIpc) is 2.91. The maximum Gasteiger partial charge on any atom is 0.152 e. The summed E-state index contributed by atoms with van der Waals surface area (Å²) >= 11 is 6.10. The highest BCUT2D eigenvalue weighted by molar-refractivity contribution is 6.34. The molecule has 0 spiro atoms. The van der Waals surface area contributed by atoms with Crippen LogP contribution in [0.25, 0.3) is 11.0 Å². The first-order valence-corrected chi connectivity index (χ1v) is 7.98. The molecule has 1 aliphatic rings. The number of aliphatic hydroxyl groups excluding tert-OH is 1. The second kappa shape index (κ2) is 6.19. The number of hydrogen-bond acceptors (Lipinski definition) is 2. The van der Waals surface area contributed by atoms with Crippen molar-refractivity contribution in [2.45, 2.75) is 51.0 Å². The number of furan rings is 1. The Morgan fingerprint density at radius 2 is 2.05 bits per heavy atom. The van der Waals surface area contributed by atoms with Gasteiger partial charge in [-0.05, 0) is 30.9 Å². The van der Waals surface area contributed by atoms with Gasteiger partial charge in [0.15, 0.2) is 5.58 Å². The second-order valence-corrected chi connectivity index (χ2v) is 6.31. The van der Waals surface area contributed by atoms with Crippen molar-refractivity contribution in [1.29, 1.82) is 0 Å². The molecule has 1 fully saturated rings. The van der Waals surface area contributed by atoms with Crippen molar-refractivity contribution < 1.29 is 9.52 Å². The Morgan fingerprint density at radius 3 is 2.80 bits per heavy atom. The van der Waals surface area contributed by atoms with Crippen LogP contribution < -0.4 is 0 Å². The van der Waals surface area contributed by atoms with Gasteiger partial charge in [-0.1, -0.05) is 55.8 Å². The number of para-hydroxylation sites is 1. The fourth-order valence-electron chi connectivity index (χ4n) is 3.22. The summed E-state index contributed by atoms with van der Waals surface area (Å²) in [5, 5.41) is 11.9. The highest BCUT2D eigenvalue weighted by Gasteiger charge is 2.18. The van der Waals surface area contributed by atoms with Crippen molar-refractivity contribution in [3.63, 3.8) is 0 Å². The number of halogens is 1. The van der Waals surface area contributed by atoms with Crippen molar-refractivity contribution in [1.82, 2.24) is 0 Å². The molecule has 1 unspecified atom stereocenters. The van der Waals surface area contributed by atoms with Gasteiger partial charge in [0.25, 0.3) is 0 Å². The molecule has 1 aromatic carbocycles. The molecule has 1 N–H and O–H groups in total. The number of rotatable bonds is 4. The molecule has 0 radical (unpaired) electrons. The zero-order chi connectivity index (χ0) is 13.9. The third-order valence-electron chi connectivity index (χ3n) is 4.42. The van der Waals surface area contributed by atoms with E-state index < -0.39 is 6.10 Å². The lowest BCUT2D eigenvalue weighted by molar-refractivity contribution is 0.129. The molecule has 1 heterocycles. The molecule has 108 valence electrons. The van der Waals surface area contributed by atoms with E-state index in [-0.39, 0.29) is 0 Å². The number of fused-ring (bicyclic) bond motifs is 1. The smallest absolute Gasteiger partial charge is 0.152 e. The number of benzene rings is 1. The summed E-state index contributed by atoms with van der Waals surface area (Å²) in [4.78, 5) is 0. The van der Waals surface area contributed by atoms with Gasteiger partial charge in [-0.3, -0.25) is 0 Å². The first kappa shape index (κ1) is 14.0. The molecule has 3 heteroatoms. The molecular weight excluding hydrogens is 272 g/mol. The van der Waals surface area contributed by atoms with E-state index in [0.717, 1.165) is 24.1 Å². The zero-order valence-electron chi connectivity index (χ0n) is 11.6.